The number of hydrogen-bond donors (Lipinski definition) is 3. The van der Waals surface area contributed by atoms with Crippen LogP contribution in [-0.4, -0.2) is 49.0 Å². The first-order chi connectivity index (χ1) is 7.57. The molecule has 2 fully saturated rings. The van der Waals surface area contributed by atoms with Gasteiger partial charge >= 0.3 is 0 Å². The smallest absolute Gasteiger partial charge is 0.246 e. The minimum atomic E-state index is -0.163. The third-order valence-electron chi connectivity index (χ3n) is 3.35. The van der Waals surface area contributed by atoms with Gasteiger partial charge in [-0.05, 0) is 25.7 Å². The Morgan fingerprint density at radius 2 is 2.25 bits per heavy atom. The molecular weight excluding hydrogens is 208 g/mol. The summed E-state index contributed by atoms with van der Waals surface area (Å²) < 4.78 is 5.51. The molecule has 16 heavy (non-hydrogen) atoms. The second-order valence-electron chi connectivity index (χ2n) is 5.14. The summed E-state index contributed by atoms with van der Waals surface area (Å²) in [5.74, 6) is 0.384. The molecule has 0 aromatic rings. The van der Waals surface area contributed by atoms with Gasteiger partial charge in [-0.3, -0.25) is 4.79 Å². The Labute approximate surface area is 95.5 Å². The first-order valence-corrected chi connectivity index (χ1v) is 5.87. The van der Waals surface area contributed by atoms with Crippen molar-refractivity contribution in [1.29, 1.82) is 0 Å². The number of nitrogens with one attached hydrogen (secondary N) is 2. The molecule has 2 rings (SSSR count). The number of carbonyl (C=O) groups excluding carboxylic acids is 1. The number of amides is 1. The maximum atomic E-state index is 11.4. The summed E-state index contributed by atoms with van der Waals surface area (Å²) in [6.45, 7) is 4.42. The minimum absolute atomic E-state index is 0.0606. The van der Waals surface area contributed by atoms with Gasteiger partial charge in [-0.25, -0.2) is 0 Å². The molecule has 2 aliphatic rings. The second-order valence-corrected chi connectivity index (χ2v) is 5.14. The minimum Gasteiger partial charge on any atom is -0.393 e. The van der Waals surface area contributed by atoms with Crippen LogP contribution in [0.15, 0.2) is 0 Å². The van der Waals surface area contributed by atoms with E-state index in [-0.39, 0.29) is 24.2 Å². The molecule has 0 aromatic heterocycles. The molecule has 0 atom stereocenters. The van der Waals surface area contributed by atoms with E-state index in [1.165, 1.54) is 0 Å². The van der Waals surface area contributed by atoms with Crippen LogP contribution >= 0.6 is 0 Å². The highest BCUT2D eigenvalue weighted by atomic mass is 16.5. The van der Waals surface area contributed by atoms with E-state index in [0.29, 0.717) is 12.5 Å². The van der Waals surface area contributed by atoms with Gasteiger partial charge in [-0.15, -0.1) is 0 Å². The molecule has 92 valence electrons. The van der Waals surface area contributed by atoms with E-state index in [0.717, 1.165) is 25.9 Å². The Morgan fingerprint density at radius 1 is 1.56 bits per heavy atom. The highest BCUT2D eigenvalue weighted by Crippen LogP contribution is 2.26. The van der Waals surface area contributed by atoms with Crippen molar-refractivity contribution in [2.24, 2.45) is 5.92 Å². The molecule has 0 aromatic carbocycles. The average molecular weight is 228 g/mol. The number of aliphatic hydroxyl groups is 1. The highest BCUT2D eigenvalue weighted by molar-refractivity contribution is 5.77. The van der Waals surface area contributed by atoms with E-state index in [2.05, 4.69) is 10.6 Å². The van der Waals surface area contributed by atoms with Crippen LogP contribution in [0.1, 0.15) is 19.8 Å². The van der Waals surface area contributed by atoms with E-state index in [9.17, 15) is 4.79 Å². The number of aliphatic hydroxyl groups excluding tert-OH is 1. The monoisotopic (exact) mass is 228 g/mol. The summed E-state index contributed by atoms with van der Waals surface area (Å²) in [5.41, 5.74) is -0.163. The van der Waals surface area contributed by atoms with Crippen LogP contribution in [0.4, 0.5) is 0 Å². The second kappa shape index (κ2) is 4.69. The third kappa shape index (κ3) is 2.93. The van der Waals surface area contributed by atoms with Crippen LogP contribution < -0.4 is 10.6 Å². The van der Waals surface area contributed by atoms with Crippen LogP contribution in [0.3, 0.4) is 0 Å². The molecule has 1 aliphatic heterocycles. The summed E-state index contributed by atoms with van der Waals surface area (Å²) in [4.78, 5) is 11.4. The van der Waals surface area contributed by atoms with Gasteiger partial charge in [0, 0.05) is 19.6 Å². The SMILES string of the molecule is CC1(OCC(=O)NCC2CC(O)C2)CNC1. The number of carbonyl (C=O) groups is 1. The normalized spacial score (nSPS) is 31.4. The zero-order valence-electron chi connectivity index (χ0n) is 9.66. The number of rotatable bonds is 5. The molecule has 5 heteroatoms. The summed E-state index contributed by atoms with van der Waals surface area (Å²) in [6, 6.07) is 0. The van der Waals surface area contributed by atoms with E-state index >= 15 is 0 Å². The molecule has 3 N–H and O–H groups in total. The van der Waals surface area contributed by atoms with Crippen LogP contribution in [0.25, 0.3) is 0 Å². The molecule has 5 nitrogen and oxygen atoms in total. The Bertz CT molecular complexity index is 260. The summed E-state index contributed by atoms with van der Waals surface area (Å²) >= 11 is 0. The predicted molar refractivity (Wildman–Crippen MR) is 59.0 cm³/mol. The van der Waals surface area contributed by atoms with Crippen LogP contribution in [0.5, 0.6) is 0 Å². The lowest BCUT2D eigenvalue weighted by Gasteiger charge is -2.38. The predicted octanol–water partition coefficient (Wildman–Crippen LogP) is -0.748. The van der Waals surface area contributed by atoms with Crippen molar-refractivity contribution in [3.05, 3.63) is 0 Å². The first kappa shape index (κ1) is 11.8. The van der Waals surface area contributed by atoms with Gasteiger partial charge in [0.1, 0.15) is 6.61 Å². The third-order valence-corrected chi connectivity index (χ3v) is 3.35. The van der Waals surface area contributed by atoms with Gasteiger partial charge in [-0.2, -0.15) is 0 Å². The fourth-order valence-corrected chi connectivity index (χ4v) is 2.00. The number of ether oxygens (including phenoxy) is 1. The quantitative estimate of drug-likeness (QED) is 0.579. The van der Waals surface area contributed by atoms with E-state index < -0.39 is 0 Å². The fraction of sp³-hybridized carbons (Fsp3) is 0.909. The Morgan fingerprint density at radius 3 is 2.75 bits per heavy atom. The van der Waals surface area contributed by atoms with Crippen molar-refractivity contribution >= 4 is 5.91 Å². The standard InChI is InChI=1S/C11H20N2O3/c1-11(6-12-7-11)16-5-10(15)13-4-8-2-9(14)3-8/h8-9,12,14H,2-7H2,1H3,(H,13,15). The van der Waals surface area contributed by atoms with Gasteiger partial charge < -0.3 is 20.5 Å². The van der Waals surface area contributed by atoms with Crippen molar-refractivity contribution in [2.75, 3.05) is 26.2 Å². The van der Waals surface area contributed by atoms with Crippen molar-refractivity contribution in [3.63, 3.8) is 0 Å². The van der Waals surface area contributed by atoms with Crippen LogP contribution in [0, 0.1) is 5.92 Å². The van der Waals surface area contributed by atoms with Gasteiger partial charge in [0.05, 0.1) is 11.7 Å². The molecule has 0 spiro atoms. The van der Waals surface area contributed by atoms with Crippen molar-refractivity contribution in [2.45, 2.75) is 31.5 Å². The zero-order valence-corrected chi connectivity index (χ0v) is 9.66. The average Bonchev–Trinajstić information content (AvgIpc) is 2.17. The molecule has 1 saturated heterocycles. The molecule has 1 saturated carbocycles. The van der Waals surface area contributed by atoms with Gasteiger partial charge in [-0.1, -0.05) is 0 Å². The van der Waals surface area contributed by atoms with E-state index in [1.54, 1.807) is 0 Å². The van der Waals surface area contributed by atoms with Crippen LogP contribution in [0.2, 0.25) is 0 Å². The Hall–Kier alpha value is -0.650. The Balaban J connectivity index is 1.54. The van der Waals surface area contributed by atoms with Crippen LogP contribution in [-0.2, 0) is 9.53 Å². The van der Waals surface area contributed by atoms with E-state index in [4.69, 9.17) is 9.84 Å². The summed E-state index contributed by atoms with van der Waals surface area (Å²) in [6.07, 6.45) is 1.46. The van der Waals surface area contributed by atoms with Crippen molar-refractivity contribution in [1.82, 2.24) is 10.6 Å². The van der Waals surface area contributed by atoms with Crippen molar-refractivity contribution in [3.8, 4) is 0 Å². The maximum absolute atomic E-state index is 11.4. The molecule has 1 aliphatic carbocycles. The maximum Gasteiger partial charge on any atom is 0.246 e. The van der Waals surface area contributed by atoms with E-state index in [1.807, 2.05) is 6.92 Å². The molecule has 0 radical (unpaired) electrons. The Kier molecular flexibility index (Phi) is 3.47. The molecular formula is C11H20N2O3. The molecule has 1 amide bonds. The molecule has 0 unspecified atom stereocenters. The molecule has 0 bridgehead atoms. The van der Waals surface area contributed by atoms with Gasteiger partial charge in [0.25, 0.3) is 0 Å². The topological polar surface area (TPSA) is 70.6 Å². The lowest BCUT2D eigenvalue weighted by Crippen LogP contribution is -2.59. The highest BCUT2D eigenvalue weighted by Gasteiger charge is 2.33. The fourth-order valence-electron chi connectivity index (χ4n) is 2.00. The lowest BCUT2D eigenvalue weighted by molar-refractivity contribution is -0.136. The first-order valence-electron chi connectivity index (χ1n) is 5.87. The zero-order chi connectivity index (χ0) is 11.6. The molecule has 1 heterocycles. The summed E-state index contributed by atoms with van der Waals surface area (Å²) in [5, 5.41) is 15.0. The van der Waals surface area contributed by atoms with Crippen molar-refractivity contribution < 1.29 is 14.6 Å². The summed E-state index contributed by atoms with van der Waals surface area (Å²) in [7, 11) is 0. The largest absolute Gasteiger partial charge is 0.393 e. The lowest BCUT2D eigenvalue weighted by atomic mass is 9.82. The van der Waals surface area contributed by atoms with Gasteiger partial charge in [0.15, 0.2) is 0 Å². The number of hydrogen-bond acceptors (Lipinski definition) is 4. The van der Waals surface area contributed by atoms with Gasteiger partial charge in [0.2, 0.25) is 5.91 Å².